The summed E-state index contributed by atoms with van der Waals surface area (Å²) in [5, 5.41) is 3.14. The maximum Gasteiger partial charge on any atom is 0.272 e. The molecule has 5 heteroatoms. The summed E-state index contributed by atoms with van der Waals surface area (Å²) in [4.78, 5) is 19.7. The van der Waals surface area contributed by atoms with Crippen LogP contribution in [0.5, 0.6) is 0 Å². The Labute approximate surface area is 156 Å². The summed E-state index contributed by atoms with van der Waals surface area (Å²) >= 11 is 3.43. The van der Waals surface area contributed by atoms with Gasteiger partial charge in [-0.25, -0.2) is 0 Å². The Morgan fingerprint density at radius 1 is 1.04 bits per heavy atom. The van der Waals surface area contributed by atoms with Gasteiger partial charge in [0, 0.05) is 42.5 Å². The quantitative estimate of drug-likeness (QED) is 0.862. The second kappa shape index (κ2) is 6.73. The molecule has 2 aromatic carbocycles. The monoisotopic (exact) mass is 397 g/mol. The lowest BCUT2D eigenvalue weighted by atomic mass is 9.97. The number of likely N-dealkylation sites (tertiary alicyclic amines) is 1. The van der Waals surface area contributed by atoms with E-state index in [1.165, 1.54) is 5.56 Å². The van der Waals surface area contributed by atoms with Gasteiger partial charge in [0.2, 0.25) is 0 Å². The second-order valence-electron chi connectivity index (χ2n) is 6.71. The molecular weight excluding hydrogens is 378 g/mol. The minimum atomic E-state index is -0.424. The van der Waals surface area contributed by atoms with Crippen molar-refractivity contribution in [3.8, 4) is 0 Å². The van der Waals surface area contributed by atoms with E-state index in [0.717, 1.165) is 42.5 Å². The minimum Gasteiger partial charge on any atom is -0.326 e. The van der Waals surface area contributed by atoms with Crippen molar-refractivity contribution >= 4 is 27.5 Å². The highest BCUT2D eigenvalue weighted by Crippen LogP contribution is 2.29. The average Bonchev–Trinajstić information content (AvgIpc) is 2.95. The number of aliphatic imine (C=N–C) groups is 1. The zero-order valence-corrected chi connectivity index (χ0v) is 15.5. The molecule has 2 aliphatic heterocycles. The van der Waals surface area contributed by atoms with Gasteiger partial charge >= 0.3 is 0 Å². The van der Waals surface area contributed by atoms with Crippen molar-refractivity contribution in [2.45, 2.75) is 25.0 Å². The number of carbonyl (C=O) groups is 1. The number of carbonyl (C=O) groups excluding carboxylic acids is 1. The van der Waals surface area contributed by atoms with Gasteiger partial charge in [0.25, 0.3) is 5.91 Å². The van der Waals surface area contributed by atoms with E-state index in [2.05, 4.69) is 50.4 Å². The Bertz CT molecular complexity index is 793. The standard InChI is InChI=1S/C20H20BrN3O/c21-17-8-6-16(7-9-17)18-19(25)23-20(22-18)10-12-24(13-11-20)14-15-4-2-1-3-5-15/h1-9H,10-14H2,(H,23,25). The van der Waals surface area contributed by atoms with Crippen molar-refractivity contribution in [2.24, 2.45) is 4.99 Å². The van der Waals surface area contributed by atoms with Gasteiger partial charge in [-0.3, -0.25) is 14.7 Å². The number of nitrogens with zero attached hydrogens (tertiary/aromatic N) is 2. The summed E-state index contributed by atoms with van der Waals surface area (Å²) in [7, 11) is 0. The molecule has 0 bridgehead atoms. The summed E-state index contributed by atoms with van der Waals surface area (Å²) in [6.45, 7) is 2.83. The van der Waals surface area contributed by atoms with E-state index in [-0.39, 0.29) is 5.91 Å². The van der Waals surface area contributed by atoms with Crippen LogP contribution in [-0.4, -0.2) is 35.3 Å². The third-order valence-corrected chi connectivity index (χ3v) is 5.47. The molecule has 2 aliphatic rings. The van der Waals surface area contributed by atoms with Crippen LogP contribution in [0.25, 0.3) is 0 Å². The van der Waals surface area contributed by atoms with E-state index in [0.29, 0.717) is 5.71 Å². The second-order valence-corrected chi connectivity index (χ2v) is 7.63. The van der Waals surface area contributed by atoms with Crippen LogP contribution in [0.2, 0.25) is 0 Å². The number of amides is 1. The molecule has 1 saturated heterocycles. The number of benzene rings is 2. The molecule has 0 aliphatic carbocycles. The third kappa shape index (κ3) is 3.53. The summed E-state index contributed by atoms with van der Waals surface area (Å²) in [6.07, 6.45) is 1.71. The molecule has 2 heterocycles. The van der Waals surface area contributed by atoms with Crippen LogP contribution in [-0.2, 0) is 11.3 Å². The largest absolute Gasteiger partial charge is 0.326 e. The van der Waals surface area contributed by atoms with Crippen molar-refractivity contribution in [2.75, 3.05) is 13.1 Å². The fourth-order valence-corrected chi connectivity index (χ4v) is 3.79. The molecule has 2 aromatic rings. The van der Waals surface area contributed by atoms with Gasteiger partial charge in [-0.1, -0.05) is 58.4 Å². The molecule has 0 unspecified atom stereocenters. The van der Waals surface area contributed by atoms with Gasteiger partial charge < -0.3 is 5.32 Å². The maximum atomic E-state index is 12.4. The first kappa shape index (κ1) is 16.5. The van der Waals surface area contributed by atoms with Gasteiger partial charge in [-0.2, -0.15) is 0 Å². The predicted molar refractivity (Wildman–Crippen MR) is 103 cm³/mol. The Morgan fingerprint density at radius 3 is 2.40 bits per heavy atom. The summed E-state index contributed by atoms with van der Waals surface area (Å²) < 4.78 is 0.999. The zero-order valence-electron chi connectivity index (χ0n) is 13.9. The average molecular weight is 398 g/mol. The molecule has 0 radical (unpaired) electrons. The normalized spacial score (nSPS) is 19.7. The number of hydrogen-bond donors (Lipinski definition) is 1. The lowest BCUT2D eigenvalue weighted by molar-refractivity contribution is -0.115. The van der Waals surface area contributed by atoms with Crippen LogP contribution in [0.15, 0.2) is 64.1 Å². The first-order valence-electron chi connectivity index (χ1n) is 8.58. The SMILES string of the molecule is O=C1NC2(CCN(Cc3ccccc3)CC2)N=C1c1ccc(Br)cc1. The lowest BCUT2D eigenvalue weighted by Gasteiger charge is -2.37. The van der Waals surface area contributed by atoms with Crippen LogP contribution in [0.1, 0.15) is 24.0 Å². The van der Waals surface area contributed by atoms with Crippen molar-refractivity contribution < 1.29 is 4.79 Å². The summed E-state index contributed by atoms with van der Waals surface area (Å²) in [6, 6.07) is 18.3. The number of piperidine rings is 1. The fraction of sp³-hybridized carbons (Fsp3) is 0.300. The fourth-order valence-electron chi connectivity index (χ4n) is 3.53. The molecule has 0 saturated carbocycles. The molecule has 0 atom stereocenters. The molecule has 1 amide bonds. The van der Waals surface area contributed by atoms with Crippen LogP contribution >= 0.6 is 15.9 Å². The lowest BCUT2D eigenvalue weighted by Crippen LogP contribution is -2.50. The van der Waals surface area contributed by atoms with Gasteiger partial charge in [-0.15, -0.1) is 0 Å². The molecule has 0 aromatic heterocycles. The summed E-state index contributed by atoms with van der Waals surface area (Å²) in [5.74, 6) is -0.0566. The smallest absolute Gasteiger partial charge is 0.272 e. The van der Waals surface area contributed by atoms with Crippen molar-refractivity contribution in [1.82, 2.24) is 10.2 Å². The maximum absolute atomic E-state index is 12.4. The molecular formula is C20H20BrN3O. The predicted octanol–water partition coefficient (Wildman–Crippen LogP) is 3.36. The first-order valence-corrected chi connectivity index (χ1v) is 9.37. The molecule has 4 nitrogen and oxygen atoms in total. The molecule has 1 N–H and O–H groups in total. The van der Waals surface area contributed by atoms with Crippen LogP contribution in [0, 0.1) is 0 Å². The topological polar surface area (TPSA) is 44.7 Å². The highest BCUT2D eigenvalue weighted by molar-refractivity contribution is 9.10. The van der Waals surface area contributed by atoms with Crippen LogP contribution in [0.4, 0.5) is 0 Å². The zero-order chi connectivity index (χ0) is 17.3. The Balaban J connectivity index is 1.45. The number of rotatable bonds is 3. The molecule has 4 rings (SSSR count). The van der Waals surface area contributed by atoms with Gasteiger partial charge in [0.05, 0.1) is 0 Å². The van der Waals surface area contributed by atoms with E-state index in [9.17, 15) is 4.79 Å². The van der Waals surface area contributed by atoms with E-state index in [1.54, 1.807) is 0 Å². The number of nitrogens with one attached hydrogen (secondary N) is 1. The van der Waals surface area contributed by atoms with Crippen molar-refractivity contribution in [3.05, 3.63) is 70.2 Å². The summed E-state index contributed by atoms with van der Waals surface area (Å²) in [5.41, 5.74) is 2.34. The highest BCUT2D eigenvalue weighted by atomic mass is 79.9. The number of hydrogen-bond acceptors (Lipinski definition) is 3. The van der Waals surface area contributed by atoms with Crippen LogP contribution in [0.3, 0.4) is 0 Å². The van der Waals surface area contributed by atoms with Gasteiger partial charge in [-0.05, 0) is 17.7 Å². The first-order chi connectivity index (χ1) is 12.1. The van der Waals surface area contributed by atoms with Crippen molar-refractivity contribution in [3.63, 3.8) is 0 Å². The van der Waals surface area contributed by atoms with E-state index < -0.39 is 5.66 Å². The highest BCUT2D eigenvalue weighted by Gasteiger charge is 2.41. The van der Waals surface area contributed by atoms with Crippen LogP contribution < -0.4 is 5.32 Å². The van der Waals surface area contributed by atoms with Gasteiger partial charge in [0.1, 0.15) is 11.4 Å². The molecule has 25 heavy (non-hydrogen) atoms. The molecule has 1 fully saturated rings. The van der Waals surface area contributed by atoms with Gasteiger partial charge in [0.15, 0.2) is 0 Å². The minimum absolute atomic E-state index is 0.0566. The number of halogens is 1. The van der Waals surface area contributed by atoms with E-state index >= 15 is 0 Å². The van der Waals surface area contributed by atoms with E-state index in [1.807, 2.05) is 30.3 Å². The molecule has 128 valence electrons. The Kier molecular flexibility index (Phi) is 4.44. The Hall–Kier alpha value is -1.98. The Morgan fingerprint density at radius 2 is 1.72 bits per heavy atom. The van der Waals surface area contributed by atoms with E-state index in [4.69, 9.17) is 4.99 Å². The van der Waals surface area contributed by atoms with Crippen molar-refractivity contribution in [1.29, 1.82) is 0 Å². The third-order valence-electron chi connectivity index (χ3n) is 4.94. The molecule has 1 spiro atoms.